The number of piperidine rings is 2. The van der Waals surface area contributed by atoms with Crippen molar-refractivity contribution in [3.05, 3.63) is 0 Å². The van der Waals surface area contributed by atoms with Crippen LogP contribution in [0.15, 0.2) is 0 Å². The molecule has 1 atom stereocenters. The van der Waals surface area contributed by atoms with Crippen LogP contribution in [-0.4, -0.2) is 68.7 Å². The Kier molecular flexibility index (Phi) is 5.19. The second-order valence-electron chi connectivity index (χ2n) is 6.87. The zero-order chi connectivity index (χ0) is 14.7. The minimum absolute atomic E-state index is 0.352. The van der Waals surface area contributed by atoms with Crippen LogP contribution in [0.5, 0.6) is 0 Å². The number of hydrogen-bond donors (Lipinski definition) is 1. The van der Waals surface area contributed by atoms with Crippen molar-refractivity contribution in [2.75, 3.05) is 45.0 Å². The Balaban J connectivity index is 1.53. The van der Waals surface area contributed by atoms with Crippen LogP contribution in [-0.2, 0) is 10.0 Å². The molecule has 0 aliphatic carbocycles. The third-order valence-electron chi connectivity index (χ3n) is 5.33. The van der Waals surface area contributed by atoms with Crippen molar-refractivity contribution in [1.82, 2.24) is 14.5 Å². The molecular weight excluding hydrogens is 286 g/mol. The van der Waals surface area contributed by atoms with Crippen molar-refractivity contribution in [1.29, 1.82) is 0 Å². The molecule has 0 bridgehead atoms. The number of rotatable bonds is 4. The van der Waals surface area contributed by atoms with Crippen LogP contribution in [0.1, 0.15) is 38.5 Å². The van der Waals surface area contributed by atoms with Gasteiger partial charge in [0, 0.05) is 19.1 Å². The summed E-state index contributed by atoms with van der Waals surface area (Å²) in [4.78, 5) is 2.52. The van der Waals surface area contributed by atoms with E-state index in [1.54, 1.807) is 4.31 Å². The summed E-state index contributed by atoms with van der Waals surface area (Å²) in [7, 11) is -3.05. The summed E-state index contributed by atoms with van der Waals surface area (Å²) >= 11 is 0. The third kappa shape index (κ3) is 3.97. The van der Waals surface area contributed by atoms with Gasteiger partial charge in [-0.25, -0.2) is 12.7 Å². The van der Waals surface area contributed by atoms with Gasteiger partial charge in [-0.15, -0.1) is 0 Å². The summed E-state index contributed by atoms with van der Waals surface area (Å²) in [5.74, 6) is 0.715. The molecule has 0 aromatic carbocycles. The van der Waals surface area contributed by atoms with Crippen LogP contribution in [0, 0.1) is 5.92 Å². The van der Waals surface area contributed by atoms with E-state index in [-0.39, 0.29) is 0 Å². The number of nitrogens with zero attached hydrogens (tertiary/aromatic N) is 2. The largest absolute Gasteiger partial charge is 0.317 e. The molecule has 3 heterocycles. The molecule has 3 rings (SSSR count). The van der Waals surface area contributed by atoms with Crippen LogP contribution in [0.3, 0.4) is 0 Å². The van der Waals surface area contributed by atoms with Gasteiger partial charge < -0.3 is 5.32 Å². The fourth-order valence-corrected chi connectivity index (χ4v) is 5.92. The highest BCUT2D eigenvalue weighted by Crippen LogP contribution is 2.24. The predicted octanol–water partition coefficient (Wildman–Crippen LogP) is 0.876. The first kappa shape index (κ1) is 15.7. The Hall–Kier alpha value is -0.170. The molecule has 0 saturated carbocycles. The highest BCUT2D eigenvalue weighted by molar-refractivity contribution is 7.89. The smallest absolute Gasteiger partial charge is 0.214 e. The summed E-state index contributed by atoms with van der Waals surface area (Å²) < 4.78 is 27.0. The topological polar surface area (TPSA) is 52.7 Å². The number of sulfonamides is 1. The van der Waals surface area contributed by atoms with E-state index in [0.29, 0.717) is 17.7 Å². The normalized spacial score (nSPS) is 30.8. The van der Waals surface area contributed by atoms with Gasteiger partial charge in [0.25, 0.3) is 0 Å². The monoisotopic (exact) mass is 315 g/mol. The fourth-order valence-electron chi connectivity index (χ4n) is 4.00. The van der Waals surface area contributed by atoms with Gasteiger partial charge in [-0.3, -0.25) is 4.90 Å². The maximum absolute atomic E-state index is 12.6. The molecule has 3 aliphatic heterocycles. The molecule has 3 fully saturated rings. The Labute approximate surface area is 129 Å². The van der Waals surface area contributed by atoms with E-state index in [1.807, 2.05) is 0 Å². The lowest BCUT2D eigenvalue weighted by Gasteiger charge is -2.32. The Morgan fingerprint density at radius 1 is 0.952 bits per heavy atom. The molecule has 3 aliphatic rings. The van der Waals surface area contributed by atoms with E-state index < -0.39 is 10.0 Å². The van der Waals surface area contributed by atoms with Crippen LogP contribution >= 0.6 is 0 Å². The summed E-state index contributed by atoms with van der Waals surface area (Å²) in [6.07, 6.45) is 6.91. The molecule has 0 aromatic rings. The molecule has 5 nitrogen and oxygen atoms in total. The van der Waals surface area contributed by atoms with Gasteiger partial charge in [0.2, 0.25) is 10.0 Å². The zero-order valence-electron chi connectivity index (χ0n) is 13.0. The van der Waals surface area contributed by atoms with E-state index in [2.05, 4.69) is 10.2 Å². The van der Waals surface area contributed by atoms with Crippen LogP contribution in [0.2, 0.25) is 0 Å². The fraction of sp³-hybridized carbons (Fsp3) is 1.00. The zero-order valence-corrected chi connectivity index (χ0v) is 13.8. The lowest BCUT2D eigenvalue weighted by molar-refractivity contribution is 0.169. The molecule has 1 N–H and O–H groups in total. The first-order valence-electron chi connectivity index (χ1n) is 8.58. The second kappa shape index (κ2) is 6.94. The third-order valence-corrected chi connectivity index (χ3v) is 7.34. The van der Waals surface area contributed by atoms with Gasteiger partial charge in [0.05, 0.1) is 5.75 Å². The van der Waals surface area contributed by atoms with Gasteiger partial charge in [-0.2, -0.15) is 0 Å². The maximum atomic E-state index is 12.6. The van der Waals surface area contributed by atoms with Gasteiger partial charge in [-0.1, -0.05) is 6.42 Å². The highest BCUT2D eigenvalue weighted by Gasteiger charge is 2.35. The lowest BCUT2D eigenvalue weighted by Crippen LogP contribution is -2.42. The quantitative estimate of drug-likeness (QED) is 0.837. The van der Waals surface area contributed by atoms with Crippen molar-refractivity contribution in [2.24, 2.45) is 5.92 Å². The van der Waals surface area contributed by atoms with E-state index in [4.69, 9.17) is 0 Å². The van der Waals surface area contributed by atoms with Crippen LogP contribution in [0.4, 0.5) is 0 Å². The van der Waals surface area contributed by atoms with Crippen molar-refractivity contribution < 1.29 is 8.42 Å². The summed E-state index contributed by atoms with van der Waals surface area (Å²) in [6, 6.07) is 0.466. The minimum Gasteiger partial charge on any atom is -0.317 e. The Bertz CT molecular complexity index is 428. The Morgan fingerprint density at radius 3 is 2.38 bits per heavy atom. The van der Waals surface area contributed by atoms with Gasteiger partial charge >= 0.3 is 0 Å². The van der Waals surface area contributed by atoms with E-state index in [0.717, 1.165) is 58.5 Å². The average Bonchev–Trinajstić information content (AvgIpc) is 2.99. The van der Waals surface area contributed by atoms with Gasteiger partial charge in [-0.05, 0) is 64.2 Å². The molecule has 21 heavy (non-hydrogen) atoms. The molecule has 0 aromatic heterocycles. The minimum atomic E-state index is -3.05. The molecule has 0 spiro atoms. The lowest BCUT2D eigenvalue weighted by atomic mass is 10.0. The van der Waals surface area contributed by atoms with Crippen LogP contribution < -0.4 is 5.32 Å². The van der Waals surface area contributed by atoms with E-state index in [9.17, 15) is 8.42 Å². The van der Waals surface area contributed by atoms with Crippen LogP contribution in [0.25, 0.3) is 0 Å². The maximum Gasteiger partial charge on any atom is 0.214 e. The molecule has 6 heteroatoms. The molecule has 1 unspecified atom stereocenters. The molecule has 0 amide bonds. The molecular formula is C15H29N3O2S. The number of nitrogens with one attached hydrogen (secondary N) is 1. The second-order valence-corrected chi connectivity index (χ2v) is 8.88. The molecule has 122 valence electrons. The van der Waals surface area contributed by atoms with Crippen molar-refractivity contribution >= 4 is 10.0 Å². The number of hydrogen-bond acceptors (Lipinski definition) is 4. The Morgan fingerprint density at radius 2 is 1.67 bits per heavy atom. The van der Waals surface area contributed by atoms with Crippen molar-refractivity contribution in [3.63, 3.8) is 0 Å². The highest BCUT2D eigenvalue weighted by atomic mass is 32.2. The molecule has 3 saturated heterocycles. The first-order chi connectivity index (χ1) is 10.1. The summed E-state index contributed by atoms with van der Waals surface area (Å²) in [6.45, 7) is 5.72. The summed E-state index contributed by atoms with van der Waals surface area (Å²) in [5.41, 5.74) is 0. The first-order valence-corrected chi connectivity index (χ1v) is 10.2. The van der Waals surface area contributed by atoms with E-state index >= 15 is 0 Å². The predicted molar refractivity (Wildman–Crippen MR) is 84.8 cm³/mol. The molecule has 0 radical (unpaired) electrons. The van der Waals surface area contributed by atoms with Gasteiger partial charge in [0.15, 0.2) is 0 Å². The van der Waals surface area contributed by atoms with Crippen molar-refractivity contribution in [2.45, 2.75) is 44.6 Å². The van der Waals surface area contributed by atoms with Gasteiger partial charge in [0.1, 0.15) is 0 Å². The standard InChI is InChI=1S/C15H29N3O2S/c19-21(20,13-14-4-7-16-8-5-14)18-11-6-15(12-18)17-9-2-1-3-10-17/h14-16H,1-13H2. The summed E-state index contributed by atoms with van der Waals surface area (Å²) in [5, 5.41) is 3.30. The van der Waals surface area contributed by atoms with Crippen molar-refractivity contribution in [3.8, 4) is 0 Å². The average molecular weight is 315 g/mol. The SMILES string of the molecule is O=S(=O)(CC1CCNCC1)N1CCC(N2CCCCC2)C1. The number of likely N-dealkylation sites (tertiary alicyclic amines) is 1. The van der Waals surface area contributed by atoms with E-state index in [1.165, 1.54) is 19.3 Å².